The second-order valence-corrected chi connectivity index (χ2v) is 4.20. The van der Waals surface area contributed by atoms with Gasteiger partial charge in [0.25, 0.3) is 5.91 Å². The molecule has 1 atom stereocenters. The van der Waals surface area contributed by atoms with Crippen molar-refractivity contribution in [1.29, 1.82) is 0 Å². The maximum Gasteiger partial charge on any atom is 0.413 e. The Morgan fingerprint density at radius 1 is 1.32 bits per heavy atom. The Kier molecular flexibility index (Phi) is 5.81. The van der Waals surface area contributed by atoms with Crippen LogP contribution < -0.4 is 15.0 Å². The third kappa shape index (κ3) is 5.39. The monoisotopic (exact) mass is 267 g/mol. The van der Waals surface area contributed by atoms with Crippen LogP contribution >= 0.6 is 0 Å². The van der Waals surface area contributed by atoms with E-state index in [1.807, 2.05) is 31.3 Å². The minimum Gasteiger partial charge on any atom is -0.497 e. The number of methoxy groups -OCH3 is 2. The number of rotatable bonds is 5. The van der Waals surface area contributed by atoms with E-state index in [1.54, 1.807) is 7.11 Å². The molecule has 0 aliphatic heterocycles. The van der Waals surface area contributed by atoms with Crippen LogP contribution in [-0.2, 0) is 16.1 Å². The van der Waals surface area contributed by atoms with E-state index in [0.29, 0.717) is 6.54 Å². The first-order valence-electron chi connectivity index (χ1n) is 5.87. The van der Waals surface area contributed by atoms with Crippen LogP contribution in [0.5, 0.6) is 5.75 Å². The Hall–Kier alpha value is -2.08. The average molecular weight is 267 g/mol. The maximum absolute atomic E-state index is 11.5. The number of hydrogen-bond acceptors (Lipinski definition) is 4. The number of ether oxygens (including phenoxy) is 2. The van der Waals surface area contributed by atoms with Gasteiger partial charge in [0.2, 0.25) is 0 Å². The first-order chi connectivity index (χ1) is 9.05. The van der Waals surface area contributed by atoms with Crippen molar-refractivity contribution in [2.24, 2.45) is 0 Å². The zero-order valence-corrected chi connectivity index (χ0v) is 11.4. The molecule has 0 bridgehead atoms. The van der Waals surface area contributed by atoms with Gasteiger partial charge in [0.05, 0.1) is 21.3 Å². The normalized spacial score (nSPS) is 11.5. The van der Waals surface area contributed by atoms with Crippen LogP contribution in [-0.4, -0.2) is 39.8 Å². The van der Waals surface area contributed by atoms with Crippen LogP contribution in [0, 0.1) is 0 Å². The van der Waals surface area contributed by atoms with E-state index < -0.39 is 6.09 Å². The Balaban J connectivity index is 2.48. The number of imide groups is 1. The number of benzene rings is 1. The van der Waals surface area contributed by atoms with Gasteiger partial charge in [-0.05, 0) is 12.1 Å². The van der Waals surface area contributed by atoms with Crippen molar-refractivity contribution < 1.29 is 24.0 Å². The summed E-state index contributed by atoms with van der Waals surface area (Å²) in [6, 6.07) is 7.64. The number of quaternary nitrogens is 1. The van der Waals surface area contributed by atoms with E-state index in [1.165, 1.54) is 7.11 Å². The first-order valence-corrected chi connectivity index (χ1v) is 5.87. The fourth-order valence-electron chi connectivity index (χ4n) is 1.68. The molecule has 6 nitrogen and oxygen atoms in total. The van der Waals surface area contributed by atoms with Gasteiger partial charge in [-0.2, -0.15) is 0 Å². The number of likely N-dealkylation sites (N-methyl/N-ethyl adjacent to an activating group) is 1. The third-order valence-electron chi connectivity index (χ3n) is 2.53. The van der Waals surface area contributed by atoms with Crippen LogP contribution in [0.2, 0.25) is 0 Å². The summed E-state index contributed by atoms with van der Waals surface area (Å²) in [5, 5.41) is 2.12. The van der Waals surface area contributed by atoms with Crippen molar-refractivity contribution in [1.82, 2.24) is 5.32 Å². The Morgan fingerprint density at radius 3 is 2.68 bits per heavy atom. The highest BCUT2D eigenvalue weighted by molar-refractivity contribution is 5.92. The Labute approximate surface area is 112 Å². The number of nitrogens with one attached hydrogen (secondary N) is 2. The first kappa shape index (κ1) is 15.0. The predicted molar refractivity (Wildman–Crippen MR) is 69.0 cm³/mol. The smallest absolute Gasteiger partial charge is 0.413 e. The fraction of sp³-hybridized carbons (Fsp3) is 0.385. The van der Waals surface area contributed by atoms with Crippen molar-refractivity contribution >= 4 is 12.0 Å². The number of carbonyl (C=O) groups is 2. The molecule has 0 saturated carbocycles. The molecule has 0 fully saturated rings. The molecule has 6 heteroatoms. The molecule has 2 N–H and O–H groups in total. The molecule has 0 saturated heterocycles. The van der Waals surface area contributed by atoms with Crippen LogP contribution in [0.15, 0.2) is 24.3 Å². The SMILES string of the molecule is COC(=O)NC(=O)C[NH+](C)Cc1cccc(OC)c1. The molecule has 0 radical (unpaired) electrons. The summed E-state index contributed by atoms with van der Waals surface area (Å²) in [5.74, 6) is 0.413. The molecule has 0 heterocycles. The van der Waals surface area contributed by atoms with Crippen molar-refractivity contribution in [2.75, 3.05) is 27.8 Å². The fourth-order valence-corrected chi connectivity index (χ4v) is 1.68. The predicted octanol–water partition coefficient (Wildman–Crippen LogP) is -0.407. The molecule has 104 valence electrons. The minimum absolute atomic E-state index is 0.187. The Morgan fingerprint density at radius 2 is 2.05 bits per heavy atom. The lowest BCUT2D eigenvalue weighted by molar-refractivity contribution is -0.885. The van der Waals surface area contributed by atoms with E-state index in [-0.39, 0.29) is 12.5 Å². The van der Waals surface area contributed by atoms with Gasteiger partial charge in [0.1, 0.15) is 12.3 Å². The van der Waals surface area contributed by atoms with Crippen LogP contribution in [0.1, 0.15) is 5.56 Å². The van der Waals surface area contributed by atoms with Crippen molar-refractivity contribution in [3.63, 3.8) is 0 Å². The molecule has 19 heavy (non-hydrogen) atoms. The van der Waals surface area contributed by atoms with Gasteiger partial charge in [-0.25, -0.2) is 4.79 Å². The molecule has 0 spiro atoms. The molecule has 1 aromatic carbocycles. The number of amides is 2. The van der Waals surface area contributed by atoms with Gasteiger partial charge in [0.15, 0.2) is 6.54 Å². The van der Waals surface area contributed by atoms with Crippen LogP contribution in [0.25, 0.3) is 0 Å². The summed E-state index contributed by atoms with van der Waals surface area (Å²) in [6.07, 6.45) is -0.737. The van der Waals surface area contributed by atoms with Crippen LogP contribution in [0.4, 0.5) is 4.79 Å². The molecule has 0 aromatic heterocycles. The maximum atomic E-state index is 11.5. The lowest BCUT2D eigenvalue weighted by Gasteiger charge is -2.13. The average Bonchev–Trinajstić information content (AvgIpc) is 2.38. The van der Waals surface area contributed by atoms with E-state index in [0.717, 1.165) is 16.2 Å². The van der Waals surface area contributed by atoms with E-state index in [2.05, 4.69) is 10.1 Å². The van der Waals surface area contributed by atoms with Crippen molar-refractivity contribution in [3.05, 3.63) is 29.8 Å². The summed E-state index contributed by atoms with van der Waals surface area (Å²) in [5.41, 5.74) is 1.06. The van der Waals surface area contributed by atoms with Gasteiger partial charge in [-0.1, -0.05) is 12.1 Å². The lowest BCUT2D eigenvalue weighted by atomic mass is 10.2. The van der Waals surface area contributed by atoms with Crippen LogP contribution in [0.3, 0.4) is 0 Å². The van der Waals surface area contributed by atoms with E-state index >= 15 is 0 Å². The largest absolute Gasteiger partial charge is 0.497 e. The summed E-state index contributed by atoms with van der Waals surface area (Å²) in [4.78, 5) is 23.3. The highest BCUT2D eigenvalue weighted by Crippen LogP contribution is 2.11. The van der Waals surface area contributed by atoms with Crippen molar-refractivity contribution in [3.8, 4) is 5.75 Å². The topological polar surface area (TPSA) is 69.1 Å². The molecule has 1 aromatic rings. The summed E-state index contributed by atoms with van der Waals surface area (Å²) in [6.45, 7) is 0.845. The van der Waals surface area contributed by atoms with Gasteiger partial charge < -0.3 is 14.4 Å². The van der Waals surface area contributed by atoms with Gasteiger partial charge in [-0.3, -0.25) is 10.1 Å². The highest BCUT2D eigenvalue weighted by atomic mass is 16.5. The van der Waals surface area contributed by atoms with Gasteiger partial charge >= 0.3 is 6.09 Å². The van der Waals surface area contributed by atoms with E-state index in [4.69, 9.17) is 4.74 Å². The number of hydrogen-bond donors (Lipinski definition) is 2. The third-order valence-corrected chi connectivity index (χ3v) is 2.53. The van der Waals surface area contributed by atoms with Crippen molar-refractivity contribution in [2.45, 2.75) is 6.54 Å². The van der Waals surface area contributed by atoms with Gasteiger partial charge in [-0.15, -0.1) is 0 Å². The molecule has 2 amide bonds. The quantitative estimate of drug-likeness (QED) is 0.761. The number of carbonyl (C=O) groups excluding carboxylic acids is 2. The summed E-state index contributed by atoms with van der Waals surface area (Å²) < 4.78 is 9.49. The molecule has 0 aliphatic rings. The number of alkyl carbamates (subject to hydrolysis) is 1. The zero-order chi connectivity index (χ0) is 14.3. The summed E-state index contributed by atoms with van der Waals surface area (Å²) in [7, 11) is 4.70. The summed E-state index contributed by atoms with van der Waals surface area (Å²) >= 11 is 0. The standard InChI is InChI=1S/C13H18N2O4/c1-15(9-12(16)14-13(17)19-3)8-10-5-4-6-11(7-10)18-2/h4-7H,8-9H2,1-3H3,(H,14,16,17)/p+1. The zero-order valence-electron chi connectivity index (χ0n) is 11.4. The molecule has 1 rings (SSSR count). The molecular weight excluding hydrogens is 248 g/mol. The molecule has 1 unspecified atom stereocenters. The second kappa shape index (κ2) is 7.38. The second-order valence-electron chi connectivity index (χ2n) is 4.20. The van der Waals surface area contributed by atoms with Gasteiger partial charge in [0, 0.05) is 5.56 Å². The molecular formula is C13H19N2O4+. The lowest BCUT2D eigenvalue weighted by Crippen LogP contribution is -3.08. The Bertz CT molecular complexity index is 448. The molecule has 0 aliphatic carbocycles. The minimum atomic E-state index is -0.737. The highest BCUT2D eigenvalue weighted by Gasteiger charge is 2.13. The van der Waals surface area contributed by atoms with E-state index in [9.17, 15) is 9.59 Å².